The molecule has 70 valence electrons. The molecule has 2 nitrogen and oxygen atoms in total. The number of aromatic carboxylic acids is 1. The topological polar surface area (TPSA) is 37.3 Å². The van der Waals surface area contributed by atoms with Crippen LogP contribution in [0.2, 0.25) is 10.0 Å². The highest BCUT2D eigenvalue weighted by Gasteiger charge is 2.20. The number of carboxylic acid groups (broad SMARTS) is 1. The van der Waals surface area contributed by atoms with Gasteiger partial charge < -0.3 is 5.11 Å². The molecule has 1 rings (SSSR count). The van der Waals surface area contributed by atoms with Gasteiger partial charge in [0.2, 0.25) is 0 Å². The van der Waals surface area contributed by atoms with Crippen LogP contribution in [0.15, 0.2) is 6.07 Å². The van der Waals surface area contributed by atoms with Crippen molar-refractivity contribution in [2.75, 3.05) is 0 Å². The second-order valence-corrected chi connectivity index (χ2v) is 2.90. The van der Waals surface area contributed by atoms with Crippen molar-refractivity contribution in [3.05, 3.63) is 33.3 Å². The van der Waals surface area contributed by atoms with E-state index in [4.69, 9.17) is 28.3 Å². The molecule has 0 heterocycles. The second kappa shape index (κ2) is 3.47. The Kier molecular flexibility index (Phi) is 2.73. The predicted molar refractivity (Wildman–Crippen MR) is 43.3 cm³/mol. The molecule has 0 fully saturated rings. The molecule has 1 aromatic rings. The average Bonchev–Trinajstić information content (AvgIpc) is 2.01. The highest BCUT2D eigenvalue weighted by atomic mass is 35.5. The molecule has 0 aliphatic rings. The molecule has 0 radical (unpaired) electrons. The third-order valence-corrected chi connectivity index (χ3v) is 2.06. The lowest BCUT2D eigenvalue weighted by atomic mass is 10.2. The summed E-state index contributed by atoms with van der Waals surface area (Å²) in [6, 6.07) is 0.428. The molecule has 0 atom stereocenters. The Morgan fingerprint density at radius 2 is 1.62 bits per heavy atom. The van der Waals surface area contributed by atoms with Gasteiger partial charge in [0.15, 0.2) is 0 Å². The molecule has 0 aliphatic carbocycles. The van der Waals surface area contributed by atoms with Crippen LogP contribution in [-0.2, 0) is 0 Å². The highest BCUT2D eigenvalue weighted by Crippen LogP contribution is 2.29. The van der Waals surface area contributed by atoms with E-state index >= 15 is 0 Å². The van der Waals surface area contributed by atoms with E-state index < -0.39 is 33.2 Å². The largest absolute Gasteiger partial charge is 0.478 e. The van der Waals surface area contributed by atoms with Crippen LogP contribution in [0.1, 0.15) is 10.4 Å². The fourth-order valence-corrected chi connectivity index (χ4v) is 1.27. The SMILES string of the molecule is O=C(O)c1c(Cl)c(F)cc(F)c1Cl. The molecular weight excluding hydrogens is 225 g/mol. The van der Waals surface area contributed by atoms with Crippen LogP contribution < -0.4 is 0 Å². The Hall–Kier alpha value is -0.870. The lowest BCUT2D eigenvalue weighted by molar-refractivity contribution is 0.0696. The van der Waals surface area contributed by atoms with Gasteiger partial charge in [-0.1, -0.05) is 23.2 Å². The molecule has 6 heteroatoms. The third-order valence-electron chi connectivity index (χ3n) is 1.33. The standard InChI is InChI=1S/C7H2Cl2F2O2/c8-5-2(10)1-3(11)6(9)4(5)7(12)13/h1H,(H,12,13). The summed E-state index contributed by atoms with van der Waals surface area (Å²) < 4.78 is 25.4. The molecule has 0 aromatic heterocycles. The Morgan fingerprint density at radius 3 is 1.92 bits per heavy atom. The highest BCUT2D eigenvalue weighted by molar-refractivity contribution is 6.39. The zero-order valence-corrected chi connectivity index (χ0v) is 7.46. The fourth-order valence-electron chi connectivity index (χ4n) is 0.761. The normalized spacial score (nSPS) is 10.2. The van der Waals surface area contributed by atoms with Gasteiger partial charge >= 0.3 is 5.97 Å². The van der Waals surface area contributed by atoms with Crippen LogP contribution in [0.25, 0.3) is 0 Å². The van der Waals surface area contributed by atoms with Crippen molar-refractivity contribution < 1.29 is 18.7 Å². The van der Waals surface area contributed by atoms with Gasteiger partial charge in [0, 0.05) is 6.07 Å². The van der Waals surface area contributed by atoms with Gasteiger partial charge in [-0.2, -0.15) is 0 Å². The summed E-state index contributed by atoms with van der Waals surface area (Å²) >= 11 is 10.5. The van der Waals surface area contributed by atoms with Crippen LogP contribution in [0, 0.1) is 11.6 Å². The summed E-state index contributed by atoms with van der Waals surface area (Å²) in [5.74, 6) is -3.88. The number of benzene rings is 1. The van der Waals surface area contributed by atoms with Crippen LogP contribution in [0.5, 0.6) is 0 Å². The first kappa shape index (κ1) is 10.2. The van der Waals surface area contributed by atoms with E-state index in [-0.39, 0.29) is 0 Å². The summed E-state index contributed by atoms with van der Waals surface area (Å²) in [6.07, 6.45) is 0. The van der Waals surface area contributed by atoms with E-state index in [1.54, 1.807) is 0 Å². The van der Waals surface area contributed by atoms with E-state index in [0.717, 1.165) is 0 Å². The molecule has 0 spiro atoms. The number of hydrogen-bond donors (Lipinski definition) is 1. The molecule has 0 saturated heterocycles. The van der Waals surface area contributed by atoms with Gasteiger partial charge in [-0.25, -0.2) is 13.6 Å². The predicted octanol–water partition coefficient (Wildman–Crippen LogP) is 2.97. The van der Waals surface area contributed by atoms with Gasteiger partial charge in [-0.05, 0) is 0 Å². The number of halogens is 4. The van der Waals surface area contributed by atoms with E-state index in [2.05, 4.69) is 0 Å². The third kappa shape index (κ3) is 1.73. The van der Waals surface area contributed by atoms with E-state index in [1.165, 1.54) is 0 Å². The number of hydrogen-bond acceptors (Lipinski definition) is 1. The summed E-state index contributed by atoms with van der Waals surface area (Å²) in [5, 5.41) is 7.10. The van der Waals surface area contributed by atoms with Gasteiger partial charge in [-0.3, -0.25) is 0 Å². The smallest absolute Gasteiger partial charge is 0.338 e. The Balaban J connectivity index is 3.56. The second-order valence-electron chi connectivity index (χ2n) is 2.15. The molecule has 1 aromatic carbocycles. The number of carboxylic acids is 1. The van der Waals surface area contributed by atoms with Crippen molar-refractivity contribution in [2.24, 2.45) is 0 Å². The summed E-state index contributed by atoms with van der Waals surface area (Å²) in [4.78, 5) is 10.4. The molecule has 0 saturated carbocycles. The molecule has 0 aliphatic heterocycles. The average molecular weight is 227 g/mol. The van der Waals surface area contributed by atoms with Crippen molar-refractivity contribution >= 4 is 29.2 Å². The fraction of sp³-hybridized carbons (Fsp3) is 0. The minimum atomic E-state index is -1.58. The lowest BCUT2D eigenvalue weighted by Crippen LogP contribution is -2.02. The zero-order valence-electron chi connectivity index (χ0n) is 5.94. The molecule has 0 amide bonds. The molecule has 0 unspecified atom stereocenters. The van der Waals surface area contributed by atoms with Crippen molar-refractivity contribution in [2.45, 2.75) is 0 Å². The Labute approximate surface area is 81.7 Å². The molecule has 0 bridgehead atoms. The first-order valence-electron chi connectivity index (χ1n) is 3.01. The van der Waals surface area contributed by atoms with Crippen LogP contribution in [0.4, 0.5) is 8.78 Å². The van der Waals surface area contributed by atoms with Crippen molar-refractivity contribution in [1.29, 1.82) is 0 Å². The monoisotopic (exact) mass is 226 g/mol. The van der Waals surface area contributed by atoms with E-state index in [1.807, 2.05) is 0 Å². The van der Waals surface area contributed by atoms with Gasteiger partial charge in [0.1, 0.15) is 17.2 Å². The quantitative estimate of drug-likeness (QED) is 0.748. The summed E-state index contributed by atoms with van der Waals surface area (Å²) in [7, 11) is 0. The Bertz CT molecular complexity index is 353. The number of carbonyl (C=O) groups is 1. The van der Waals surface area contributed by atoms with Crippen LogP contribution in [-0.4, -0.2) is 11.1 Å². The van der Waals surface area contributed by atoms with Crippen LogP contribution in [0.3, 0.4) is 0 Å². The zero-order chi connectivity index (χ0) is 10.2. The first-order valence-corrected chi connectivity index (χ1v) is 3.77. The summed E-state index contributed by atoms with van der Waals surface area (Å²) in [6.45, 7) is 0. The maximum absolute atomic E-state index is 12.7. The van der Waals surface area contributed by atoms with Crippen molar-refractivity contribution in [1.82, 2.24) is 0 Å². The van der Waals surface area contributed by atoms with Gasteiger partial charge in [-0.15, -0.1) is 0 Å². The molecule has 1 N–H and O–H groups in total. The summed E-state index contributed by atoms with van der Waals surface area (Å²) in [5.41, 5.74) is -0.763. The number of rotatable bonds is 1. The van der Waals surface area contributed by atoms with Crippen molar-refractivity contribution in [3.63, 3.8) is 0 Å². The maximum Gasteiger partial charge on any atom is 0.338 e. The van der Waals surface area contributed by atoms with Gasteiger partial charge in [0.25, 0.3) is 0 Å². The molecule has 13 heavy (non-hydrogen) atoms. The lowest BCUT2D eigenvalue weighted by Gasteiger charge is -2.03. The van der Waals surface area contributed by atoms with Crippen molar-refractivity contribution in [3.8, 4) is 0 Å². The minimum absolute atomic E-state index is 0.428. The first-order chi connectivity index (χ1) is 5.95. The van der Waals surface area contributed by atoms with Gasteiger partial charge in [0.05, 0.1) is 10.0 Å². The minimum Gasteiger partial charge on any atom is -0.478 e. The maximum atomic E-state index is 12.7. The van der Waals surface area contributed by atoms with Crippen LogP contribution >= 0.6 is 23.2 Å². The van der Waals surface area contributed by atoms with E-state index in [9.17, 15) is 13.6 Å². The Morgan fingerprint density at radius 1 is 1.23 bits per heavy atom. The van der Waals surface area contributed by atoms with E-state index in [0.29, 0.717) is 6.07 Å². The molecular formula is C7H2Cl2F2O2.